The number of carbonyl (C=O) groups excluding carboxylic acids is 1. The lowest BCUT2D eigenvalue weighted by Crippen LogP contribution is -2.22. The average Bonchev–Trinajstić information content (AvgIpc) is 2.67. The van der Waals surface area contributed by atoms with E-state index in [-0.39, 0.29) is 11.7 Å². The Bertz CT molecular complexity index is 575. The molecule has 0 aliphatic rings. The van der Waals surface area contributed by atoms with E-state index in [9.17, 15) is 9.90 Å². The fourth-order valence-electron chi connectivity index (χ4n) is 1.64. The van der Waals surface area contributed by atoms with Crippen molar-refractivity contribution in [2.75, 3.05) is 0 Å². The third-order valence-corrected chi connectivity index (χ3v) is 2.88. The van der Waals surface area contributed by atoms with Crippen LogP contribution in [0, 0.1) is 6.92 Å². The molecule has 0 saturated heterocycles. The van der Waals surface area contributed by atoms with Crippen molar-refractivity contribution in [1.29, 1.82) is 0 Å². The molecule has 0 fully saturated rings. The molecule has 2 N–H and O–H groups in total. The van der Waals surface area contributed by atoms with Crippen molar-refractivity contribution >= 4 is 5.91 Å². The van der Waals surface area contributed by atoms with Crippen LogP contribution in [0.2, 0.25) is 0 Å². The van der Waals surface area contributed by atoms with Crippen LogP contribution in [0.5, 0.6) is 5.75 Å². The predicted octanol–water partition coefficient (Wildman–Crippen LogP) is 1.36. The number of phenolic OH excluding ortho intramolecular Hbond substituents is 1. The van der Waals surface area contributed by atoms with Gasteiger partial charge in [0.25, 0.3) is 5.91 Å². The molecule has 94 valence electrons. The van der Waals surface area contributed by atoms with Gasteiger partial charge in [-0.2, -0.15) is 5.10 Å². The number of amides is 1. The number of aromatic hydroxyl groups is 1. The van der Waals surface area contributed by atoms with Crippen molar-refractivity contribution in [3.05, 3.63) is 47.3 Å². The van der Waals surface area contributed by atoms with Crippen LogP contribution in [0.4, 0.5) is 0 Å². The van der Waals surface area contributed by atoms with Gasteiger partial charge in [-0.25, -0.2) is 0 Å². The summed E-state index contributed by atoms with van der Waals surface area (Å²) in [7, 11) is 1.86. The normalized spacial score (nSPS) is 10.3. The van der Waals surface area contributed by atoms with E-state index < -0.39 is 0 Å². The molecule has 0 radical (unpaired) electrons. The summed E-state index contributed by atoms with van der Waals surface area (Å²) in [5.74, 6) is -0.130. The lowest BCUT2D eigenvalue weighted by atomic mass is 10.2. The van der Waals surface area contributed by atoms with Crippen LogP contribution in [-0.2, 0) is 13.6 Å². The minimum absolute atomic E-state index is 0.0835. The molecule has 2 aromatic rings. The lowest BCUT2D eigenvalue weighted by Gasteiger charge is -2.05. The van der Waals surface area contributed by atoms with Gasteiger partial charge in [-0.15, -0.1) is 0 Å². The van der Waals surface area contributed by atoms with Crippen molar-refractivity contribution < 1.29 is 9.90 Å². The quantitative estimate of drug-likeness (QED) is 0.858. The van der Waals surface area contributed by atoms with Crippen LogP contribution < -0.4 is 5.32 Å². The summed E-state index contributed by atoms with van der Waals surface area (Å²) in [6, 6.07) is 6.26. The Kier molecular flexibility index (Phi) is 3.32. The van der Waals surface area contributed by atoms with E-state index in [1.54, 1.807) is 23.0 Å². The molecule has 0 saturated carbocycles. The summed E-state index contributed by atoms with van der Waals surface area (Å²) in [4.78, 5) is 11.8. The summed E-state index contributed by atoms with van der Waals surface area (Å²) < 4.78 is 1.76. The minimum Gasteiger partial charge on any atom is -0.508 e. The van der Waals surface area contributed by atoms with E-state index in [2.05, 4.69) is 10.4 Å². The summed E-state index contributed by atoms with van der Waals surface area (Å²) in [5.41, 5.74) is 2.44. The molecule has 0 spiro atoms. The van der Waals surface area contributed by atoms with Gasteiger partial charge in [0, 0.05) is 30.4 Å². The van der Waals surface area contributed by atoms with Crippen molar-refractivity contribution in [1.82, 2.24) is 15.1 Å². The van der Waals surface area contributed by atoms with Gasteiger partial charge in [0.2, 0.25) is 0 Å². The molecule has 5 heteroatoms. The molecule has 5 nitrogen and oxygen atoms in total. The predicted molar refractivity (Wildman–Crippen MR) is 67.2 cm³/mol. The second kappa shape index (κ2) is 4.91. The second-order valence-corrected chi connectivity index (χ2v) is 4.11. The SMILES string of the molecule is Cc1c(CNC(=O)c2cccc(O)c2)cnn1C. The Hall–Kier alpha value is -2.30. The zero-order valence-corrected chi connectivity index (χ0v) is 10.3. The van der Waals surface area contributed by atoms with Crippen LogP contribution in [0.15, 0.2) is 30.5 Å². The highest BCUT2D eigenvalue weighted by atomic mass is 16.3. The molecule has 2 rings (SSSR count). The van der Waals surface area contributed by atoms with Gasteiger partial charge in [0.05, 0.1) is 6.20 Å². The molecule has 1 amide bonds. The Labute approximate surface area is 105 Å². The molecule has 1 aromatic carbocycles. The first kappa shape index (κ1) is 12.2. The van der Waals surface area contributed by atoms with Crippen molar-refractivity contribution in [3.8, 4) is 5.75 Å². The molecule has 0 aliphatic heterocycles. The van der Waals surface area contributed by atoms with Crippen LogP contribution in [-0.4, -0.2) is 20.8 Å². The van der Waals surface area contributed by atoms with Crippen molar-refractivity contribution in [2.24, 2.45) is 7.05 Å². The molecule has 18 heavy (non-hydrogen) atoms. The van der Waals surface area contributed by atoms with Crippen LogP contribution in [0.25, 0.3) is 0 Å². The summed E-state index contributed by atoms with van der Waals surface area (Å²) in [6.07, 6.45) is 1.73. The maximum atomic E-state index is 11.8. The van der Waals surface area contributed by atoms with Gasteiger partial charge in [-0.1, -0.05) is 6.07 Å². The lowest BCUT2D eigenvalue weighted by molar-refractivity contribution is 0.0950. The van der Waals surface area contributed by atoms with Gasteiger partial charge in [0.15, 0.2) is 0 Å². The highest BCUT2D eigenvalue weighted by Gasteiger charge is 2.08. The average molecular weight is 245 g/mol. The fraction of sp³-hybridized carbons (Fsp3) is 0.231. The maximum absolute atomic E-state index is 11.8. The van der Waals surface area contributed by atoms with E-state index in [0.29, 0.717) is 12.1 Å². The summed E-state index contributed by atoms with van der Waals surface area (Å²) in [5, 5.41) is 16.2. The van der Waals surface area contributed by atoms with E-state index in [0.717, 1.165) is 11.3 Å². The molecule has 0 aliphatic carbocycles. The van der Waals surface area contributed by atoms with E-state index in [1.165, 1.54) is 12.1 Å². The van der Waals surface area contributed by atoms with Crippen LogP contribution >= 0.6 is 0 Å². The monoisotopic (exact) mass is 245 g/mol. The largest absolute Gasteiger partial charge is 0.508 e. The Morgan fingerprint density at radius 3 is 2.89 bits per heavy atom. The molecular formula is C13H15N3O2. The zero-order chi connectivity index (χ0) is 13.1. The Morgan fingerprint density at radius 1 is 1.50 bits per heavy atom. The number of benzene rings is 1. The van der Waals surface area contributed by atoms with E-state index in [1.807, 2.05) is 14.0 Å². The first-order valence-electron chi connectivity index (χ1n) is 5.62. The van der Waals surface area contributed by atoms with Crippen LogP contribution in [0.3, 0.4) is 0 Å². The van der Waals surface area contributed by atoms with Crippen molar-refractivity contribution in [2.45, 2.75) is 13.5 Å². The topological polar surface area (TPSA) is 67.2 Å². The standard InChI is InChI=1S/C13H15N3O2/c1-9-11(8-15-16(9)2)7-14-13(18)10-4-3-5-12(17)6-10/h3-6,8,17H,7H2,1-2H3,(H,14,18). The van der Waals surface area contributed by atoms with E-state index in [4.69, 9.17) is 0 Å². The number of nitrogens with zero attached hydrogens (tertiary/aromatic N) is 2. The van der Waals surface area contributed by atoms with Gasteiger partial charge in [-0.3, -0.25) is 9.48 Å². The number of phenols is 1. The van der Waals surface area contributed by atoms with E-state index >= 15 is 0 Å². The molecule has 0 bridgehead atoms. The number of rotatable bonds is 3. The number of nitrogens with one attached hydrogen (secondary N) is 1. The van der Waals surface area contributed by atoms with Gasteiger partial charge >= 0.3 is 0 Å². The number of aromatic nitrogens is 2. The highest BCUT2D eigenvalue weighted by Crippen LogP contribution is 2.11. The highest BCUT2D eigenvalue weighted by molar-refractivity contribution is 5.94. The number of hydrogen-bond donors (Lipinski definition) is 2. The van der Waals surface area contributed by atoms with Gasteiger partial charge < -0.3 is 10.4 Å². The number of aryl methyl sites for hydroxylation is 1. The molecular weight excluding hydrogens is 230 g/mol. The number of carbonyl (C=O) groups is 1. The minimum atomic E-state index is -0.214. The number of hydrogen-bond acceptors (Lipinski definition) is 3. The first-order valence-corrected chi connectivity index (χ1v) is 5.62. The first-order chi connectivity index (χ1) is 8.58. The van der Waals surface area contributed by atoms with Gasteiger partial charge in [-0.05, 0) is 25.1 Å². The zero-order valence-electron chi connectivity index (χ0n) is 10.3. The Balaban J connectivity index is 2.03. The molecule has 0 atom stereocenters. The fourth-order valence-corrected chi connectivity index (χ4v) is 1.64. The Morgan fingerprint density at radius 2 is 2.28 bits per heavy atom. The molecule has 1 heterocycles. The molecule has 1 aromatic heterocycles. The summed E-state index contributed by atoms with van der Waals surface area (Å²) in [6.45, 7) is 2.37. The molecule has 0 unspecified atom stereocenters. The maximum Gasteiger partial charge on any atom is 0.251 e. The second-order valence-electron chi connectivity index (χ2n) is 4.11. The van der Waals surface area contributed by atoms with Crippen LogP contribution in [0.1, 0.15) is 21.6 Å². The third kappa shape index (κ3) is 2.51. The smallest absolute Gasteiger partial charge is 0.251 e. The summed E-state index contributed by atoms with van der Waals surface area (Å²) >= 11 is 0. The van der Waals surface area contributed by atoms with Crippen molar-refractivity contribution in [3.63, 3.8) is 0 Å². The van der Waals surface area contributed by atoms with Gasteiger partial charge in [0.1, 0.15) is 5.75 Å². The third-order valence-electron chi connectivity index (χ3n) is 2.88.